The highest BCUT2D eigenvalue weighted by Gasteiger charge is 2.25. The molecule has 0 saturated heterocycles. The Kier molecular flexibility index (Phi) is 4.43. The van der Waals surface area contributed by atoms with Gasteiger partial charge in [0.1, 0.15) is 6.11 Å². The zero-order chi connectivity index (χ0) is 13.6. The molecule has 1 aliphatic rings. The molecule has 1 N–H and O–H groups in total. The molecule has 0 saturated carbocycles. The van der Waals surface area contributed by atoms with Crippen LogP contribution in [0.5, 0.6) is 0 Å². The molecule has 0 spiro atoms. The van der Waals surface area contributed by atoms with Gasteiger partial charge in [-0.25, -0.2) is 0 Å². The van der Waals surface area contributed by atoms with Crippen molar-refractivity contribution in [1.82, 2.24) is 0 Å². The van der Waals surface area contributed by atoms with Crippen LogP contribution in [0.2, 0.25) is 0 Å². The van der Waals surface area contributed by atoms with Gasteiger partial charge in [0.25, 0.3) is 5.79 Å². The third-order valence-electron chi connectivity index (χ3n) is 2.93. The Balaban J connectivity index is 2.00. The van der Waals surface area contributed by atoms with Crippen LogP contribution in [0.1, 0.15) is 31.2 Å². The molecule has 0 bridgehead atoms. The molecule has 19 heavy (non-hydrogen) atoms. The smallest absolute Gasteiger partial charge is 0.258 e. The Bertz CT molecular complexity index is 503. The van der Waals surface area contributed by atoms with Crippen LogP contribution in [0.3, 0.4) is 0 Å². The summed E-state index contributed by atoms with van der Waals surface area (Å²) in [4.78, 5) is 0. The van der Waals surface area contributed by atoms with Crippen LogP contribution < -0.4 is 0 Å². The van der Waals surface area contributed by atoms with E-state index in [0.717, 1.165) is 12.8 Å². The van der Waals surface area contributed by atoms with Crippen molar-refractivity contribution in [2.45, 2.75) is 31.5 Å². The van der Waals surface area contributed by atoms with E-state index in [1.165, 1.54) is 5.56 Å². The molecule has 0 radical (unpaired) electrons. The van der Waals surface area contributed by atoms with Gasteiger partial charge in [0, 0.05) is 12.3 Å². The third kappa shape index (κ3) is 3.74. The summed E-state index contributed by atoms with van der Waals surface area (Å²) in [5.74, 6) is 1.63. The molecule has 1 aliphatic carbocycles. The van der Waals surface area contributed by atoms with Crippen LogP contribution in [-0.4, -0.2) is 10.9 Å². The van der Waals surface area contributed by atoms with Gasteiger partial charge in [-0.1, -0.05) is 55.3 Å². The third-order valence-corrected chi connectivity index (χ3v) is 2.93. The van der Waals surface area contributed by atoms with Crippen LogP contribution in [0, 0.1) is 12.0 Å². The average Bonchev–Trinajstić information content (AvgIpc) is 2.46. The molecule has 2 rings (SSSR count). The van der Waals surface area contributed by atoms with Crippen LogP contribution in [-0.2, 0) is 4.74 Å². The van der Waals surface area contributed by atoms with Gasteiger partial charge in [0.15, 0.2) is 0 Å². The first-order valence-electron chi connectivity index (χ1n) is 6.55. The molecule has 0 heterocycles. The van der Waals surface area contributed by atoms with E-state index < -0.39 is 5.79 Å². The summed E-state index contributed by atoms with van der Waals surface area (Å²) in [6.45, 7) is 2.05. The Morgan fingerprint density at radius 3 is 2.53 bits per heavy atom. The second-order valence-electron chi connectivity index (χ2n) is 4.54. The molecule has 2 nitrogen and oxygen atoms in total. The minimum absolute atomic E-state index is 0.175. The Morgan fingerprint density at radius 1 is 1.21 bits per heavy atom. The molecule has 1 aromatic carbocycles. The average molecular weight is 254 g/mol. The fraction of sp³-hybridized carbons (Fsp3) is 0.294. The van der Waals surface area contributed by atoms with Gasteiger partial charge in [-0.05, 0) is 24.1 Å². The highest BCUT2D eigenvalue weighted by Crippen LogP contribution is 2.26. The van der Waals surface area contributed by atoms with E-state index in [1.807, 2.05) is 37.3 Å². The molecule has 0 atom stereocenters. The lowest BCUT2D eigenvalue weighted by Crippen LogP contribution is -2.27. The summed E-state index contributed by atoms with van der Waals surface area (Å²) >= 11 is 0. The fourth-order valence-corrected chi connectivity index (χ4v) is 1.86. The predicted molar refractivity (Wildman–Crippen MR) is 76.2 cm³/mol. The normalized spacial score (nSPS) is 24.6. The van der Waals surface area contributed by atoms with Crippen LogP contribution >= 0.6 is 0 Å². The van der Waals surface area contributed by atoms with E-state index in [2.05, 4.69) is 24.2 Å². The van der Waals surface area contributed by atoms with Crippen molar-refractivity contribution in [3.05, 3.63) is 60.2 Å². The van der Waals surface area contributed by atoms with Crippen LogP contribution in [0.25, 0.3) is 0 Å². The Morgan fingerprint density at radius 2 is 1.89 bits per heavy atom. The fourth-order valence-electron chi connectivity index (χ4n) is 1.86. The van der Waals surface area contributed by atoms with Crippen molar-refractivity contribution in [2.24, 2.45) is 0 Å². The maximum absolute atomic E-state index is 10.1. The van der Waals surface area contributed by atoms with Gasteiger partial charge in [0.05, 0.1) is 0 Å². The molecule has 0 amide bonds. The standard InChI is InChI=1S/C17H18O2/c1-2-3-7-14-19-17(18)12-10-16(11-13-17)15-8-5-4-6-9-15/h4-6,8-13,16,18H,2-3H2,1H3. The largest absolute Gasteiger partial charge is 0.405 e. The monoisotopic (exact) mass is 254 g/mol. The highest BCUT2D eigenvalue weighted by molar-refractivity contribution is 5.33. The quantitative estimate of drug-likeness (QED) is 0.509. The predicted octanol–water partition coefficient (Wildman–Crippen LogP) is 3.36. The molecule has 0 aromatic heterocycles. The first-order valence-corrected chi connectivity index (χ1v) is 6.55. The number of unbranched alkanes of at least 4 members (excludes halogenated alkanes) is 1. The van der Waals surface area contributed by atoms with E-state index in [4.69, 9.17) is 4.74 Å². The number of rotatable bonds is 3. The van der Waals surface area contributed by atoms with E-state index in [-0.39, 0.29) is 5.92 Å². The zero-order valence-corrected chi connectivity index (χ0v) is 11.0. The summed E-state index contributed by atoms with van der Waals surface area (Å²) in [6.07, 6.45) is 11.4. The van der Waals surface area contributed by atoms with E-state index in [1.54, 1.807) is 12.2 Å². The van der Waals surface area contributed by atoms with E-state index in [0.29, 0.717) is 0 Å². The molecule has 98 valence electrons. The van der Waals surface area contributed by atoms with Gasteiger partial charge < -0.3 is 9.84 Å². The summed E-state index contributed by atoms with van der Waals surface area (Å²) in [7, 11) is 0. The van der Waals surface area contributed by atoms with Gasteiger partial charge >= 0.3 is 0 Å². The number of aliphatic hydroxyl groups is 1. The second-order valence-corrected chi connectivity index (χ2v) is 4.54. The zero-order valence-electron chi connectivity index (χ0n) is 11.0. The SMILES string of the molecule is CCCC#COC1(O)C=CC(c2ccccc2)C=C1. The first-order chi connectivity index (χ1) is 9.23. The van der Waals surface area contributed by atoms with Crippen LogP contribution in [0.15, 0.2) is 54.6 Å². The maximum atomic E-state index is 10.1. The molecule has 0 unspecified atom stereocenters. The summed E-state index contributed by atoms with van der Waals surface area (Å²) < 4.78 is 5.18. The number of ether oxygens (including phenoxy) is 1. The van der Waals surface area contributed by atoms with Crippen molar-refractivity contribution in [3.63, 3.8) is 0 Å². The Labute approximate surface area is 114 Å². The van der Waals surface area contributed by atoms with Crippen molar-refractivity contribution < 1.29 is 9.84 Å². The number of allylic oxidation sites excluding steroid dienone is 2. The molecular formula is C17H18O2. The first kappa shape index (κ1) is 13.5. The molecule has 1 aromatic rings. The summed E-state index contributed by atoms with van der Waals surface area (Å²) in [5.41, 5.74) is 1.19. The van der Waals surface area contributed by atoms with Crippen LogP contribution in [0.4, 0.5) is 0 Å². The van der Waals surface area contributed by atoms with Crippen molar-refractivity contribution in [1.29, 1.82) is 0 Å². The van der Waals surface area contributed by atoms with Crippen molar-refractivity contribution >= 4 is 0 Å². The number of benzene rings is 1. The minimum Gasteiger partial charge on any atom is -0.405 e. The van der Waals surface area contributed by atoms with Gasteiger partial charge in [-0.3, -0.25) is 0 Å². The highest BCUT2D eigenvalue weighted by atomic mass is 16.6. The van der Waals surface area contributed by atoms with E-state index >= 15 is 0 Å². The minimum atomic E-state index is -1.40. The summed E-state index contributed by atoms with van der Waals surface area (Å²) in [5, 5.41) is 10.1. The molecule has 0 aliphatic heterocycles. The molecule has 0 fully saturated rings. The summed E-state index contributed by atoms with van der Waals surface area (Å²) in [6, 6.07) is 10.1. The number of hydrogen-bond acceptors (Lipinski definition) is 2. The van der Waals surface area contributed by atoms with Gasteiger partial charge in [0.2, 0.25) is 0 Å². The second kappa shape index (κ2) is 6.26. The lowest BCUT2D eigenvalue weighted by atomic mass is 9.93. The maximum Gasteiger partial charge on any atom is 0.258 e. The Hall–Kier alpha value is -1.98. The molecule has 2 heteroatoms. The van der Waals surface area contributed by atoms with Gasteiger partial charge in [-0.15, -0.1) is 0 Å². The lowest BCUT2D eigenvalue weighted by molar-refractivity contribution is -0.0746. The molecular weight excluding hydrogens is 236 g/mol. The van der Waals surface area contributed by atoms with Crippen molar-refractivity contribution in [2.75, 3.05) is 0 Å². The lowest BCUT2D eigenvalue weighted by Gasteiger charge is -2.23. The van der Waals surface area contributed by atoms with Gasteiger partial charge in [-0.2, -0.15) is 0 Å². The topological polar surface area (TPSA) is 29.5 Å². The number of hydrogen-bond donors (Lipinski definition) is 1. The van der Waals surface area contributed by atoms with E-state index in [9.17, 15) is 5.11 Å². The van der Waals surface area contributed by atoms with Crippen molar-refractivity contribution in [3.8, 4) is 12.0 Å².